The molecule has 1 fully saturated rings. The number of amides is 1. The van der Waals surface area contributed by atoms with Gasteiger partial charge >= 0.3 is 5.76 Å². The van der Waals surface area contributed by atoms with Gasteiger partial charge in [0, 0.05) is 37.9 Å². The molecule has 0 unspecified atom stereocenters. The molecule has 0 N–H and O–H groups in total. The summed E-state index contributed by atoms with van der Waals surface area (Å²) < 4.78 is 51.9. The highest BCUT2D eigenvalue weighted by molar-refractivity contribution is 7.91. The molecule has 3 aromatic rings. The molecule has 0 atom stereocenters. The number of carbonyl (C=O) groups excluding carboxylic acids is 1. The maximum absolute atomic E-state index is 13.1. The van der Waals surface area contributed by atoms with Gasteiger partial charge in [-0.3, -0.25) is 4.79 Å². The van der Waals surface area contributed by atoms with Crippen LogP contribution in [0.25, 0.3) is 5.82 Å². The zero-order valence-electron chi connectivity index (χ0n) is 18.0. The van der Waals surface area contributed by atoms with E-state index in [0.717, 1.165) is 17.5 Å². The third-order valence-electron chi connectivity index (χ3n) is 5.41. The van der Waals surface area contributed by atoms with Crippen LogP contribution in [-0.2, 0) is 9.84 Å². The number of aryl methyl sites for hydroxylation is 2. The number of hydrogen-bond donors (Lipinski definition) is 0. The summed E-state index contributed by atoms with van der Waals surface area (Å²) in [5.74, 6) is -2.91. The molecule has 1 amide bonds. The molecule has 4 rings (SSSR count). The second-order valence-electron chi connectivity index (χ2n) is 7.65. The molecule has 0 bridgehead atoms. The van der Waals surface area contributed by atoms with E-state index >= 15 is 0 Å². The van der Waals surface area contributed by atoms with Crippen molar-refractivity contribution in [3.63, 3.8) is 0 Å². The van der Waals surface area contributed by atoms with Gasteiger partial charge in [0.15, 0.2) is 5.82 Å². The number of anilines is 1. The highest BCUT2D eigenvalue weighted by atomic mass is 32.2. The highest BCUT2D eigenvalue weighted by Crippen LogP contribution is 2.24. The SMILES string of the molecule is Cc1cc(C)n(-c2cc(N3CCN(C(=O)c4ccccc4S(=O)(=O)C(F)F)CC3)ncn2)n1. The summed E-state index contributed by atoms with van der Waals surface area (Å²) in [5, 5.41) is 4.43. The fourth-order valence-electron chi connectivity index (χ4n) is 3.78. The predicted octanol–water partition coefficient (Wildman–Crippen LogP) is 2.24. The monoisotopic (exact) mass is 476 g/mol. The van der Waals surface area contributed by atoms with Crippen LogP contribution in [0.3, 0.4) is 0 Å². The minimum absolute atomic E-state index is 0.250. The van der Waals surface area contributed by atoms with Gasteiger partial charge < -0.3 is 9.80 Å². The van der Waals surface area contributed by atoms with Crippen molar-refractivity contribution in [2.45, 2.75) is 24.5 Å². The lowest BCUT2D eigenvalue weighted by Crippen LogP contribution is -2.49. The van der Waals surface area contributed by atoms with Gasteiger partial charge in [-0.1, -0.05) is 12.1 Å². The molecule has 0 spiro atoms. The molecule has 1 aliphatic heterocycles. The van der Waals surface area contributed by atoms with E-state index in [2.05, 4.69) is 15.1 Å². The van der Waals surface area contributed by atoms with Gasteiger partial charge in [-0.2, -0.15) is 13.9 Å². The fraction of sp³-hybridized carbons (Fsp3) is 0.333. The zero-order chi connectivity index (χ0) is 23.8. The van der Waals surface area contributed by atoms with Crippen LogP contribution in [0.4, 0.5) is 14.6 Å². The van der Waals surface area contributed by atoms with Crippen molar-refractivity contribution in [2.75, 3.05) is 31.1 Å². The summed E-state index contributed by atoms with van der Waals surface area (Å²) in [5.41, 5.74) is 1.55. The number of aromatic nitrogens is 4. The van der Waals surface area contributed by atoms with Gasteiger partial charge in [0.1, 0.15) is 12.1 Å². The number of carbonyl (C=O) groups is 1. The molecular formula is C21H22F2N6O3S. The number of hydrogen-bond acceptors (Lipinski definition) is 7. The average molecular weight is 477 g/mol. The van der Waals surface area contributed by atoms with Crippen molar-refractivity contribution in [2.24, 2.45) is 0 Å². The summed E-state index contributed by atoms with van der Waals surface area (Å²) >= 11 is 0. The Morgan fingerprint density at radius 3 is 2.30 bits per heavy atom. The van der Waals surface area contributed by atoms with E-state index in [1.165, 1.54) is 29.4 Å². The molecule has 1 aliphatic rings. The molecule has 3 heterocycles. The lowest BCUT2D eigenvalue weighted by atomic mass is 10.2. The summed E-state index contributed by atoms with van der Waals surface area (Å²) in [7, 11) is -4.89. The highest BCUT2D eigenvalue weighted by Gasteiger charge is 2.33. The normalized spacial score (nSPS) is 14.7. The van der Waals surface area contributed by atoms with Crippen molar-refractivity contribution in [3.8, 4) is 5.82 Å². The Morgan fingerprint density at radius 2 is 1.67 bits per heavy atom. The third kappa shape index (κ3) is 4.42. The number of sulfone groups is 1. The molecule has 9 nitrogen and oxygen atoms in total. The molecule has 0 radical (unpaired) electrons. The van der Waals surface area contributed by atoms with Crippen LogP contribution in [0.2, 0.25) is 0 Å². The number of piperazine rings is 1. The van der Waals surface area contributed by atoms with Crippen molar-refractivity contribution in [3.05, 3.63) is 59.7 Å². The topological polar surface area (TPSA) is 101 Å². The number of rotatable bonds is 5. The maximum Gasteiger partial charge on any atom is 0.341 e. The quantitative estimate of drug-likeness (QED) is 0.557. The van der Waals surface area contributed by atoms with E-state index in [4.69, 9.17) is 0 Å². The summed E-state index contributed by atoms with van der Waals surface area (Å²) in [4.78, 5) is 24.4. The first-order valence-electron chi connectivity index (χ1n) is 10.2. The Balaban J connectivity index is 1.50. The second-order valence-corrected chi connectivity index (χ2v) is 9.54. The van der Waals surface area contributed by atoms with Crippen LogP contribution in [0, 0.1) is 13.8 Å². The van der Waals surface area contributed by atoms with Gasteiger partial charge in [0.25, 0.3) is 5.91 Å². The summed E-state index contributed by atoms with van der Waals surface area (Å²) in [6, 6.07) is 8.82. The number of halogens is 2. The Labute approximate surface area is 189 Å². The molecule has 174 valence electrons. The number of benzene rings is 1. The molecule has 1 aromatic carbocycles. The average Bonchev–Trinajstić information content (AvgIpc) is 3.16. The van der Waals surface area contributed by atoms with E-state index in [1.807, 2.05) is 24.8 Å². The van der Waals surface area contributed by atoms with Crippen LogP contribution >= 0.6 is 0 Å². The van der Waals surface area contributed by atoms with Gasteiger partial charge in [-0.25, -0.2) is 23.1 Å². The molecule has 0 saturated carbocycles. The number of nitrogens with zero attached hydrogens (tertiary/aromatic N) is 6. The Morgan fingerprint density at radius 1 is 1.00 bits per heavy atom. The second kappa shape index (κ2) is 8.85. The van der Waals surface area contributed by atoms with Crippen molar-refractivity contribution in [1.82, 2.24) is 24.6 Å². The van der Waals surface area contributed by atoms with Gasteiger partial charge in [-0.05, 0) is 32.0 Å². The minimum Gasteiger partial charge on any atom is -0.353 e. The molecule has 2 aromatic heterocycles. The van der Waals surface area contributed by atoms with E-state index in [9.17, 15) is 22.0 Å². The van der Waals surface area contributed by atoms with E-state index < -0.39 is 26.4 Å². The molecular weight excluding hydrogens is 454 g/mol. The first-order chi connectivity index (χ1) is 15.7. The van der Waals surface area contributed by atoms with Crippen molar-refractivity contribution >= 4 is 21.6 Å². The van der Waals surface area contributed by atoms with Crippen LogP contribution in [0.15, 0.2) is 47.6 Å². The van der Waals surface area contributed by atoms with Crippen molar-refractivity contribution in [1.29, 1.82) is 0 Å². The van der Waals surface area contributed by atoms with Gasteiger partial charge in [0.05, 0.1) is 16.2 Å². The Bertz CT molecular complexity index is 1290. The molecule has 33 heavy (non-hydrogen) atoms. The first-order valence-corrected chi connectivity index (χ1v) is 11.7. The van der Waals surface area contributed by atoms with E-state index in [0.29, 0.717) is 24.7 Å². The maximum atomic E-state index is 13.1. The minimum atomic E-state index is -4.89. The predicted molar refractivity (Wildman–Crippen MR) is 116 cm³/mol. The van der Waals surface area contributed by atoms with Crippen LogP contribution in [-0.4, -0.2) is 70.9 Å². The largest absolute Gasteiger partial charge is 0.353 e. The van der Waals surface area contributed by atoms with Gasteiger partial charge in [0.2, 0.25) is 9.84 Å². The Kier molecular flexibility index (Phi) is 6.11. The first kappa shape index (κ1) is 22.8. The fourth-order valence-corrected chi connectivity index (χ4v) is 4.71. The summed E-state index contributed by atoms with van der Waals surface area (Å²) in [6.45, 7) is 5.25. The van der Waals surface area contributed by atoms with Gasteiger partial charge in [-0.15, -0.1) is 0 Å². The van der Waals surface area contributed by atoms with Crippen LogP contribution in [0.5, 0.6) is 0 Å². The zero-order valence-corrected chi connectivity index (χ0v) is 18.8. The third-order valence-corrected chi connectivity index (χ3v) is 6.85. The molecule has 1 saturated heterocycles. The summed E-state index contributed by atoms with van der Waals surface area (Å²) in [6.07, 6.45) is 1.45. The lowest BCUT2D eigenvalue weighted by molar-refractivity contribution is 0.0742. The van der Waals surface area contributed by atoms with E-state index in [1.54, 1.807) is 10.7 Å². The van der Waals surface area contributed by atoms with E-state index in [-0.39, 0.29) is 18.7 Å². The molecule has 0 aliphatic carbocycles. The van der Waals surface area contributed by atoms with Crippen molar-refractivity contribution < 1.29 is 22.0 Å². The molecule has 12 heteroatoms. The lowest BCUT2D eigenvalue weighted by Gasteiger charge is -2.35. The number of alkyl halides is 2. The van der Waals surface area contributed by atoms with Crippen LogP contribution in [0.1, 0.15) is 21.7 Å². The smallest absolute Gasteiger partial charge is 0.341 e. The Hall–Kier alpha value is -3.41. The van der Waals surface area contributed by atoms with Crippen LogP contribution < -0.4 is 4.90 Å². The standard InChI is InChI=1S/C21H22F2N6O3S/c1-14-11-15(2)29(26-14)19-12-18(24-13-25-19)27-7-9-28(10-8-27)20(30)16-5-3-4-6-17(16)33(31,32)21(22)23/h3-6,11-13,21H,7-10H2,1-2H3.